The highest BCUT2D eigenvalue weighted by atomic mass is 32.1. The van der Waals surface area contributed by atoms with Crippen LogP contribution in [0, 0.1) is 0 Å². The lowest BCUT2D eigenvalue weighted by atomic mass is 9.80. The van der Waals surface area contributed by atoms with Crippen molar-refractivity contribution in [2.75, 3.05) is 7.05 Å². The largest absolute Gasteiger partial charge is 0.340 e. The first-order valence-electron chi connectivity index (χ1n) is 24.1. The number of nitrogens with zero attached hydrogens (tertiary/aromatic N) is 3. The zero-order valence-corrected chi connectivity index (χ0v) is 37.5. The molecule has 0 saturated heterocycles. The van der Waals surface area contributed by atoms with Gasteiger partial charge in [0, 0.05) is 50.8 Å². The highest BCUT2D eigenvalue weighted by molar-refractivity contribution is 7.26. The molecule has 5 heteroatoms. The molecule has 1 N–H and O–H groups in total. The van der Waals surface area contributed by atoms with Gasteiger partial charge in [0.2, 0.25) is 0 Å². The van der Waals surface area contributed by atoms with Crippen molar-refractivity contribution in [3.8, 4) is 0 Å². The van der Waals surface area contributed by atoms with Gasteiger partial charge in [-0.3, -0.25) is 5.32 Å². The molecule has 4 aromatic carbocycles. The number of nitrogens with one attached hydrogen (secondary N) is 1. The minimum atomic E-state index is -0.157. The molecule has 316 valence electrons. The summed E-state index contributed by atoms with van der Waals surface area (Å²) in [7, 11) is 2.28. The molecule has 0 bridgehead atoms. The van der Waals surface area contributed by atoms with Crippen LogP contribution in [0.25, 0.3) is 53.2 Å². The number of aromatic nitrogens is 1. The monoisotopic (exact) mass is 842 g/mol. The van der Waals surface area contributed by atoms with E-state index in [1.165, 1.54) is 144 Å². The summed E-state index contributed by atoms with van der Waals surface area (Å²) in [5, 5.41) is 9.52. The Morgan fingerprint density at radius 1 is 0.698 bits per heavy atom. The van der Waals surface area contributed by atoms with E-state index in [2.05, 4.69) is 155 Å². The first-order chi connectivity index (χ1) is 31.2. The van der Waals surface area contributed by atoms with Crippen molar-refractivity contribution >= 4 is 70.4 Å². The van der Waals surface area contributed by atoms with Crippen LogP contribution >= 0.6 is 11.3 Å². The molecule has 4 atom stereocenters. The lowest BCUT2D eigenvalue weighted by Gasteiger charge is -2.43. The van der Waals surface area contributed by atoms with Crippen LogP contribution in [-0.2, 0) is 0 Å². The van der Waals surface area contributed by atoms with Crippen molar-refractivity contribution in [3.63, 3.8) is 0 Å². The second kappa shape index (κ2) is 16.6. The molecular formula is C58H58N4S. The zero-order valence-electron chi connectivity index (χ0n) is 36.7. The molecule has 0 amide bonds. The fourth-order valence-corrected chi connectivity index (χ4v) is 13.0. The predicted molar refractivity (Wildman–Crippen MR) is 270 cm³/mol. The molecular weight excluding hydrogens is 785 g/mol. The molecule has 6 aliphatic rings. The standard InChI is InChI=1S/C58H58N4S/c1-61-57(39-19-8-3-9-20-39)59-56(60-58(61)40-21-10-4-11-22-40)51-36-43(42-24-16-23-41(35-42)38-17-6-2-7-18-38)29-31-46(51)44-30-32-48-50-34-33-49-47-27-14-15-28-52(47)62(45-25-12-5-13-26-45)54(49)55(50)63-53(48)37-44/h6,12,14-17,19,21,23-28,30-38,43,56-57,59H,2-5,7-11,13,18,20,22,29H2,1H3/t38?,43?,56-,57?/m1/s1. The molecule has 3 heterocycles. The Hall–Kier alpha value is -5.49. The molecule has 6 aromatic rings. The molecule has 0 fully saturated rings. The zero-order chi connectivity index (χ0) is 41.9. The molecule has 0 saturated carbocycles. The minimum absolute atomic E-state index is 0.128. The van der Waals surface area contributed by atoms with Gasteiger partial charge in [-0.2, -0.15) is 0 Å². The minimum Gasteiger partial charge on any atom is -0.340 e. The summed E-state index contributed by atoms with van der Waals surface area (Å²) in [5.41, 5.74) is 13.7. The summed E-state index contributed by atoms with van der Waals surface area (Å²) in [6.45, 7) is 0. The Morgan fingerprint density at radius 3 is 2.38 bits per heavy atom. The molecule has 4 nitrogen and oxygen atoms in total. The molecule has 63 heavy (non-hydrogen) atoms. The van der Waals surface area contributed by atoms with E-state index in [0.717, 1.165) is 38.5 Å². The van der Waals surface area contributed by atoms with Crippen LogP contribution in [0.4, 0.5) is 0 Å². The van der Waals surface area contributed by atoms with Crippen LogP contribution in [0.2, 0.25) is 0 Å². The second-order valence-corrected chi connectivity index (χ2v) is 19.9. The summed E-state index contributed by atoms with van der Waals surface area (Å²) >= 11 is 1.96. The third-order valence-electron chi connectivity index (χ3n) is 14.9. The Balaban J connectivity index is 1.00. The summed E-state index contributed by atoms with van der Waals surface area (Å²) < 4.78 is 5.24. The molecule has 1 aliphatic heterocycles. The van der Waals surface area contributed by atoms with E-state index in [0.29, 0.717) is 5.92 Å². The third-order valence-corrected chi connectivity index (χ3v) is 16.1. The first kappa shape index (κ1) is 39.1. The van der Waals surface area contributed by atoms with Crippen LogP contribution in [0.3, 0.4) is 0 Å². The second-order valence-electron chi connectivity index (χ2n) is 18.9. The van der Waals surface area contributed by atoms with E-state index in [1.54, 1.807) is 0 Å². The number of allylic oxidation sites excluding steroid dienone is 10. The average Bonchev–Trinajstić information content (AvgIpc) is 3.91. The van der Waals surface area contributed by atoms with Crippen molar-refractivity contribution in [2.24, 2.45) is 4.99 Å². The summed E-state index contributed by atoms with van der Waals surface area (Å²) in [4.78, 5) is 8.23. The van der Waals surface area contributed by atoms with Crippen molar-refractivity contribution in [1.29, 1.82) is 0 Å². The third kappa shape index (κ3) is 7.03. The lowest BCUT2D eigenvalue weighted by Crippen LogP contribution is -2.56. The maximum atomic E-state index is 5.76. The van der Waals surface area contributed by atoms with Crippen LogP contribution in [0.5, 0.6) is 0 Å². The van der Waals surface area contributed by atoms with Crippen LogP contribution in [0.1, 0.15) is 118 Å². The summed E-state index contributed by atoms with van der Waals surface area (Å²) in [5.74, 6) is 1.98. The van der Waals surface area contributed by atoms with E-state index in [1.807, 2.05) is 11.3 Å². The van der Waals surface area contributed by atoms with Gasteiger partial charge in [-0.15, -0.1) is 11.3 Å². The number of fused-ring (bicyclic) bond motifs is 7. The van der Waals surface area contributed by atoms with Crippen LogP contribution in [0.15, 0.2) is 155 Å². The smallest absolute Gasteiger partial charge is 0.130 e. The maximum Gasteiger partial charge on any atom is 0.130 e. The maximum absolute atomic E-state index is 5.76. The number of para-hydroxylation sites is 1. The fraction of sp³-hybridized carbons (Fsp3) is 0.328. The van der Waals surface area contributed by atoms with E-state index in [4.69, 9.17) is 4.99 Å². The highest BCUT2D eigenvalue weighted by Gasteiger charge is 2.36. The fourth-order valence-electron chi connectivity index (χ4n) is 11.7. The number of hydrogen-bond acceptors (Lipinski definition) is 4. The Labute approximate surface area is 376 Å². The summed E-state index contributed by atoms with van der Waals surface area (Å²) in [6.07, 6.45) is 38.6. The number of amidine groups is 1. The van der Waals surface area contributed by atoms with Crippen molar-refractivity contribution < 1.29 is 0 Å². The van der Waals surface area contributed by atoms with Gasteiger partial charge in [-0.25, -0.2) is 4.99 Å². The van der Waals surface area contributed by atoms with Gasteiger partial charge >= 0.3 is 0 Å². The average molecular weight is 843 g/mol. The van der Waals surface area contributed by atoms with Crippen molar-refractivity contribution in [3.05, 3.63) is 167 Å². The molecule has 2 aromatic heterocycles. The number of aliphatic imine (C=N–C) groups is 1. The summed E-state index contributed by atoms with van der Waals surface area (Å²) in [6, 6.07) is 30.6. The van der Waals surface area contributed by atoms with E-state index < -0.39 is 0 Å². The Bertz CT molecular complexity index is 3050. The van der Waals surface area contributed by atoms with E-state index in [-0.39, 0.29) is 18.2 Å². The quantitative estimate of drug-likeness (QED) is 0.162. The molecule has 0 radical (unpaired) electrons. The van der Waals surface area contributed by atoms with Gasteiger partial charge in [0.15, 0.2) is 0 Å². The van der Waals surface area contributed by atoms with E-state index in [9.17, 15) is 0 Å². The SMILES string of the molecule is CN1C(C2=CCCCC2)=N[C@H](C2=CC(c3cccc(C4C=CCCC4)c3)CC=C2c2ccc3c(c2)sc2c3ccc3c4ccccc4n(C4=CCCC=C4)c32)NC1C1=CCCCC1. The Morgan fingerprint density at radius 2 is 1.56 bits per heavy atom. The molecule has 0 spiro atoms. The van der Waals surface area contributed by atoms with Crippen LogP contribution in [-0.4, -0.2) is 34.7 Å². The number of benzene rings is 4. The number of hydrogen-bond donors (Lipinski definition) is 1. The van der Waals surface area contributed by atoms with Crippen LogP contribution < -0.4 is 5.32 Å². The Kier molecular flexibility index (Phi) is 10.3. The predicted octanol–water partition coefficient (Wildman–Crippen LogP) is 15.3. The van der Waals surface area contributed by atoms with Gasteiger partial charge < -0.3 is 9.47 Å². The van der Waals surface area contributed by atoms with Gasteiger partial charge in [0.1, 0.15) is 18.2 Å². The van der Waals surface area contributed by atoms with Crippen molar-refractivity contribution in [2.45, 2.75) is 114 Å². The highest BCUT2D eigenvalue weighted by Crippen LogP contribution is 2.46. The molecule has 5 aliphatic carbocycles. The number of likely N-dealkylation sites (N-methyl/N-ethyl adjacent to an activating group) is 1. The molecule has 12 rings (SSSR count). The number of thiophene rings is 1. The van der Waals surface area contributed by atoms with E-state index >= 15 is 0 Å². The van der Waals surface area contributed by atoms with Gasteiger partial charge in [-0.05, 0) is 147 Å². The first-order valence-corrected chi connectivity index (χ1v) is 24.9. The molecule has 3 unspecified atom stereocenters. The lowest BCUT2D eigenvalue weighted by molar-refractivity contribution is 0.291. The normalized spacial score (nSPS) is 24.4. The van der Waals surface area contributed by atoms with Gasteiger partial charge in [0.25, 0.3) is 0 Å². The van der Waals surface area contributed by atoms with Gasteiger partial charge in [0.05, 0.1) is 15.7 Å². The topological polar surface area (TPSA) is 32.6 Å². The van der Waals surface area contributed by atoms with Gasteiger partial charge in [-0.1, -0.05) is 115 Å². The van der Waals surface area contributed by atoms with Crippen molar-refractivity contribution in [1.82, 2.24) is 14.8 Å². The number of rotatable bonds is 7.